The maximum Gasteiger partial charge on any atom is 0.270 e. The highest BCUT2D eigenvalue weighted by atomic mass is 32.2. The molecule has 2 atom stereocenters. The van der Waals surface area contributed by atoms with Crippen molar-refractivity contribution in [3.63, 3.8) is 0 Å². The zero-order chi connectivity index (χ0) is 20.6. The van der Waals surface area contributed by atoms with Crippen LogP contribution in [0.4, 0.5) is 5.69 Å². The van der Waals surface area contributed by atoms with Gasteiger partial charge >= 0.3 is 0 Å². The van der Waals surface area contributed by atoms with Crippen LogP contribution in [0.2, 0.25) is 0 Å². The number of rotatable bonds is 5. The van der Waals surface area contributed by atoms with Crippen molar-refractivity contribution in [2.24, 2.45) is 0 Å². The van der Waals surface area contributed by atoms with E-state index < -0.39 is 20.8 Å². The van der Waals surface area contributed by atoms with Gasteiger partial charge in [0.25, 0.3) is 5.69 Å². The molecule has 3 heterocycles. The molecule has 2 saturated heterocycles. The summed E-state index contributed by atoms with van der Waals surface area (Å²) in [7, 11) is -3.18. The molecule has 1 N–H and O–H groups in total. The van der Waals surface area contributed by atoms with E-state index >= 15 is 0 Å². The maximum atomic E-state index is 12.7. The van der Waals surface area contributed by atoms with Gasteiger partial charge in [-0.3, -0.25) is 19.8 Å². The second-order valence-electron chi connectivity index (χ2n) is 7.86. The molecular formula is C19H24N4O5S. The number of nitro groups is 1. The number of likely N-dealkylation sites (tertiary alicyclic amines) is 1. The number of fused-ring (bicyclic) bond motifs is 1. The van der Waals surface area contributed by atoms with Crippen LogP contribution >= 0.6 is 0 Å². The number of non-ortho nitro benzene ring substituents is 1. The summed E-state index contributed by atoms with van der Waals surface area (Å²) in [6.07, 6.45) is 4.98. The van der Waals surface area contributed by atoms with Crippen LogP contribution in [0.15, 0.2) is 30.5 Å². The Morgan fingerprint density at radius 2 is 1.93 bits per heavy atom. The van der Waals surface area contributed by atoms with Gasteiger partial charge in [-0.1, -0.05) is 6.42 Å². The first-order chi connectivity index (χ1) is 13.8. The fourth-order valence-electron chi connectivity index (χ4n) is 4.42. The summed E-state index contributed by atoms with van der Waals surface area (Å²) in [6, 6.07) is 5.65. The first kappa shape index (κ1) is 19.8. The minimum Gasteiger partial charge on any atom is -0.349 e. The number of carbonyl (C=O) groups excluding carboxylic acids is 1. The predicted molar refractivity (Wildman–Crippen MR) is 108 cm³/mol. The Kier molecular flexibility index (Phi) is 5.30. The third-order valence-corrected chi connectivity index (χ3v) is 7.52. The second-order valence-corrected chi connectivity index (χ2v) is 10.0. The van der Waals surface area contributed by atoms with Gasteiger partial charge in [-0.2, -0.15) is 0 Å². The number of sulfone groups is 1. The van der Waals surface area contributed by atoms with Crippen molar-refractivity contribution < 1.29 is 18.1 Å². The summed E-state index contributed by atoms with van der Waals surface area (Å²) in [5.74, 6) is -0.197. The van der Waals surface area contributed by atoms with E-state index in [2.05, 4.69) is 10.2 Å². The molecule has 9 nitrogen and oxygen atoms in total. The minimum absolute atomic E-state index is 0.000220. The molecule has 2 fully saturated rings. The summed E-state index contributed by atoms with van der Waals surface area (Å²) in [5, 5.41) is 14.5. The zero-order valence-electron chi connectivity index (χ0n) is 16.0. The van der Waals surface area contributed by atoms with Gasteiger partial charge in [0.15, 0.2) is 9.84 Å². The molecule has 1 amide bonds. The largest absolute Gasteiger partial charge is 0.349 e. The van der Waals surface area contributed by atoms with Gasteiger partial charge in [0.1, 0.15) is 6.54 Å². The molecule has 10 heteroatoms. The maximum absolute atomic E-state index is 12.7. The number of aromatic nitrogens is 1. The molecule has 2 aromatic rings. The molecule has 4 rings (SSSR count). The van der Waals surface area contributed by atoms with E-state index in [1.54, 1.807) is 22.9 Å². The Morgan fingerprint density at radius 3 is 2.66 bits per heavy atom. The highest BCUT2D eigenvalue weighted by molar-refractivity contribution is 7.91. The molecule has 1 aromatic carbocycles. The van der Waals surface area contributed by atoms with E-state index in [9.17, 15) is 23.3 Å². The number of nitrogens with zero attached hydrogens (tertiary/aromatic N) is 3. The Labute approximate surface area is 168 Å². The average molecular weight is 420 g/mol. The average Bonchev–Trinajstić information content (AvgIpc) is 3.21. The number of hydrogen-bond acceptors (Lipinski definition) is 6. The van der Waals surface area contributed by atoms with Crippen molar-refractivity contribution in [2.75, 3.05) is 24.6 Å². The number of amides is 1. The first-order valence-electron chi connectivity index (χ1n) is 9.79. The monoisotopic (exact) mass is 420 g/mol. The lowest BCUT2D eigenvalue weighted by Crippen LogP contribution is -2.52. The van der Waals surface area contributed by atoms with Crippen LogP contribution < -0.4 is 5.32 Å². The third kappa shape index (κ3) is 4.27. The Morgan fingerprint density at radius 1 is 1.17 bits per heavy atom. The summed E-state index contributed by atoms with van der Waals surface area (Å²) < 4.78 is 26.1. The fourth-order valence-corrected chi connectivity index (χ4v) is 6.38. The van der Waals surface area contributed by atoms with Crippen LogP contribution in [0.5, 0.6) is 0 Å². The second kappa shape index (κ2) is 7.75. The molecule has 0 saturated carbocycles. The van der Waals surface area contributed by atoms with E-state index in [1.807, 2.05) is 0 Å². The molecule has 1 aromatic heterocycles. The molecule has 29 heavy (non-hydrogen) atoms. The quantitative estimate of drug-likeness (QED) is 0.576. The normalized spacial score (nSPS) is 24.6. The highest BCUT2D eigenvalue weighted by Crippen LogP contribution is 2.24. The van der Waals surface area contributed by atoms with Gasteiger partial charge in [-0.25, -0.2) is 8.42 Å². The van der Waals surface area contributed by atoms with Gasteiger partial charge < -0.3 is 9.88 Å². The van der Waals surface area contributed by atoms with Gasteiger partial charge in [-0.05, 0) is 38.1 Å². The van der Waals surface area contributed by atoms with E-state index in [1.165, 1.54) is 12.1 Å². The van der Waals surface area contributed by atoms with Crippen LogP contribution in [-0.4, -0.2) is 65.4 Å². The molecular weight excluding hydrogens is 396 g/mol. The summed E-state index contributed by atoms with van der Waals surface area (Å²) in [4.78, 5) is 25.3. The predicted octanol–water partition coefficient (Wildman–Crippen LogP) is 1.32. The zero-order valence-corrected chi connectivity index (χ0v) is 16.8. The van der Waals surface area contributed by atoms with E-state index in [-0.39, 0.29) is 35.7 Å². The first-order valence-corrected chi connectivity index (χ1v) is 11.6. The number of hydrogen-bond donors (Lipinski definition) is 1. The highest BCUT2D eigenvalue weighted by Gasteiger charge is 2.41. The lowest BCUT2D eigenvalue weighted by molar-refractivity contribution is -0.384. The molecule has 0 aliphatic carbocycles. The number of carbonyl (C=O) groups is 1. The lowest BCUT2D eigenvalue weighted by atomic mass is 10.0. The van der Waals surface area contributed by atoms with Crippen LogP contribution in [-0.2, 0) is 21.2 Å². The van der Waals surface area contributed by atoms with E-state index in [0.717, 1.165) is 37.9 Å². The number of nitro benzene ring substituents is 1. The third-order valence-electron chi connectivity index (χ3n) is 5.81. The molecule has 0 radical (unpaired) electrons. The van der Waals surface area contributed by atoms with Crippen LogP contribution in [0.1, 0.15) is 19.3 Å². The molecule has 0 bridgehead atoms. The SMILES string of the molecule is O=C(Cn1ccc2cc([N+](=O)[O-])ccc21)NC1CS(=O)(=O)CC1N1CCCCC1. The Hall–Kier alpha value is -2.46. The van der Waals surface area contributed by atoms with Crippen LogP contribution in [0.25, 0.3) is 10.9 Å². The smallest absolute Gasteiger partial charge is 0.270 e. The number of nitrogens with one attached hydrogen (secondary N) is 1. The van der Waals surface area contributed by atoms with E-state index in [0.29, 0.717) is 5.39 Å². The van der Waals surface area contributed by atoms with Crippen molar-refractivity contribution in [2.45, 2.75) is 37.9 Å². The fraction of sp³-hybridized carbons (Fsp3) is 0.526. The van der Waals surface area contributed by atoms with Gasteiger partial charge in [0, 0.05) is 35.3 Å². The lowest BCUT2D eigenvalue weighted by Gasteiger charge is -2.35. The van der Waals surface area contributed by atoms with Gasteiger partial charge in [0.2, 0.25) is 5.91 Å². The molecule has 2 aliphatic rings. The van der Waals surface area contributed by atoms with E-state index in [4.69, 9.17) is 0 Å². The van der Waals surface area contributed by atoms with Crippen molar-refractivity contribution in [1.29, 1.82) is 0 Å². The summed E-state index contributed by atoms with van der Waals surface area (Å²) in [6.45, 7) is 1.77. The van der Waals surface area contributed by atoms with Crippen LogP contribution in [0, 0.1) is 10.1 Å². The standard InChI is InChI=1S/C19H24N4O5S/c24-19(11-22-9-6-14-10-15(23(25)26)4-5-17(14)22)20-16-12-29(27,28)13-18(16)21-7-2-1-3-8-21/h4-6,9-10,16,18H,1-3,7-8,11-13H2,(H,20,24). The molecule has 156 valence electrons. The number of benzene rings is 1. The summed E-state index contributed by atoms with van der Waals surface area (Å²) in [5.41, 5.74) is 0.720. The molecule has 2 aliphatic heterocycles. The number of piperidine rings is 1. The topological polar surface area (TPSA) is 115 Å². The Balaban J connectivity index is 1.47. The van der Waals surface area contributed by atoms with Crippen molar-refractivity contribution >= 4 is 32.3 Å². The van der Waals surface area contributed by atoms with Gasteiger partial charge in [-0.15, -0.1) is 0 Å². The summed E-state index contributed by atoms with van der Waals surface area (Å²) >= 11 is 0. The van der Waals surface area contributed by atoms with Crippen molar-refractivity contribution in [1.82, 2.24) is 14.8 Å². The molecule has 2 unspecified atom stereocenters. The van der Waals surface area contributed by atoms with Crippen molar-refractivity contribution in [3.8, 4) is 0 Å². The molecule has 0 spiro atoms. The van der Waals surface area contributed by atoms with Crippen molar-refractivity contribution in [3.05, 3.63) is 40.6 Å². The van der Waals surface area contributed by atoms with Gasteiger partial charge in [0.05, 0.1) is 22.5 Å². The van der Waals surface area contributed by atoms with Crippen LogP contribution in [0.3, 0.4) is 0 Å². The minimum atomic E-state index is -3.18. The Bertz CT molecular complexity index is 1040.